The predicted molar refractivity (Wildman–Crippen MR) is 95.7 cm³/mol. The van der Waals surface area contributed by atoms with Crippen LogP contribution in [0, 0.1) is 0 Å². The second-order valence-corrected chi connectivity index (χ2v) is 5.91. The van der Waals surface area contributed by atoms with Crippen LogP contribution in [0.25, 0.3) is 6.08 Å². The van der Waals surface area contributed by atoms with Crippen molar-refractivity contribution < 1.29 is 19.1 Å². The van der Waals surface area contributed by atoms with Gasteiger partial charge >= 0.3 is 12.0 Å². The highest BCUT2D eigenvalue weighted by atomic mass is 32.1. The Morgan fingerprint density at radius 1 is 1.20 bits per heavy atom. The van der Waals surface area contributed by atoms with Gasteiger partial charge in [0.2, 0.25) is 0 Å². The predicted octanol–water partition coefficient (Wildman–Crippen LogP) is 2.72. The van der Waals surface area contributed by atoms with Gasteiger partial charge in [0, 0.05) is 12.6 Å². The van der Waals surface area contributed by atoms with Gasteiger partial charge in [-0.25, -0.2) is 9.59 Å². The second kappa shape index (κ2) is 9.39. The molecule has 25 heavy (non-hydrogen) atoms. The first-order valence-corrected chi connectivity index (χ1v) is 8.52. The van der Waals surface area contributed by atoms with Crippen LogP contribution in [0.5, 0.6) is 0 Å². The van der Waals surface area contributed by atoms with Crippen molar-refractivity contribution >= 4 is 35.3 Å². The lowest BCUT2D eigenvalue weighted by atomic mass is 10.2. The highest BCUT2D eigenvalue weighted by molar-refractivity contribution is 7.08. The van der Waals surface area contributed by atoms with Crippen LogP contribution < -0.4 is 10.6 Å². The molecule has 0 saturated heterocycles. The standard InChI is InChI=1S/C18H18N2O4S/c1-13(24-16(21)8-7-15-9-10-25-12-15)17(22)20-18(23)19-11-14-5-3-2-4-6-14/h2-10,12-13H,11H2,1H3,(H2,19,20,22,23)/b8-7+/t13-/m0/s1. The fourth-order valence-corrected chi connectivity index (χ4v) is 2.47. The van der Waals surface area contributed by atoms with Gasteiger partial charge in [-0.1, -0.05) is 30.3 Å². The quantitative estimate of drug-likeness (QED) is 0.614. The van der Waals surface area contributed by atoms with E-state index in [1.807, 2.05) is 47.2 Å². The summed E-state index contributed by atoms with van der Waals surface area (Å²) in [6.07, 6.45) is 1.75. The van der Waals surface area contributed by atoms with E-state index < -0.39 is 24.0 Å². The molecule has 0 aliphatic heterocycles. The van der Waals surface area contributed by atoms with Gasteiger partial charge in [-0.05, 0) is 41.0 Å². The van der Waals surface area contributed by atoms with E-state index in [1.54, 1.807) is 6.08 Å². The number of thiophene rings is 1. The Labute approximate surface area is 149 Å². The van der Waals surface area contributed by atoms with E-state index in [0.29, 0.717) is 0 Å². The van der Waals surface area contributed by atoms with Crippen molar-refractivity contribution in [2.24, 2.45) is 0 Å². The van der Waals surface area contributed by atoms with Gasteiger partial charge in [-0.15, -0.1) is 0 Å². The van der Waals surface area contributed by atoms with Crippen molar-refractivity contribution in [2.45, 2.75) is 19.6 Å². The fraction of sp³-hybridized carbons (Fsp3) is 0.167. The number of carbonyl (C=O) groups excluding carboxylic acids is 3. The number of rotatable bonds is 6. The van der Waals surface area contributed by atoms with Crippen molar-refractivity contribution in [3.8, 4) is 0 Å². The first-order valence-electron chi connectivity index (χ1n) is 7.58. The number of urea groups is 1. The van der Waals surface area contributed by atoms with Crippen molar-refractivity contribution in [1.29, 1.82) is 0 Å². The molecule has 0 radical (unpaired) electrons. The third-order valence-corrected chi connectivity index (χ3v) is 3.85. The molecule has 0 aliphatic carbocycles. The van der Waals surface area contributed by atoms with Crippen molar-refractivity contribution in [2.75, 3.05) is 0 Å². The van der Waals surface area contributed by atoms with Crippen molar-refractivity contribution in [3.05, 3.63) is 64.4 Å². The maximum Gasteiger partial charge on any atom is 0.331 e. The molecule has 130 valence electrons. The molecule has 0 fully saturated rings. The molecule has 2 rings (SSSR count). The molecule has 3 amide bonds. The van der Waals surface area contributed by atoms with Gasteiger partial charge in [0.05, 0.1) is 0 Å². The minimum Gasteiger partial charge on any atom is -0.449 e. The molecule has 1 aromatic heterocycles. The first-order chi connectivity index (χ1) is 12.0. The third kappa shape index (κ3) is 6.60. The smallest absolute Gasteiger partial charge is 0.331 e. The van der Waals surface area contributed by atoms with Crippen molar-refractivity contribution in [3.63, 3.8) is 0 Å². The van der Waals surface area contributed by atoms with Crippen LogP contribution in [0.2, 0.25) is 0 Å². The van der Waals surface area contributed by atoms with Crippen LogP contribution in [-0.4, -0.2) is 24.0 Å². The van der Waals surface area contributed by atoms with Gasteiger partial charge < -0.3 is 10.1 Å². The van der Waals surface area contributed by atoms with Gasteiger partial charge in [0.1, 0.15) is 0 Å². The third-order valence-electron chi connectivity index (χ3n) is 3.15. The van der Waals surface area contributed by atoms with Crippen LogP contribution in [-0.2, 0) is 20.9 Å². The van der Waals surface area contributed by atoms with Crippen molar-refractivity contribution in [1.82, 2.24) is 10.6 Å². The Morgan fingerprint density at radius 3 is 2.64 bits per heavy atom. The average molecular weight is 358 g/mol. The van der Waals surface area contributed by atoms with E-state index in [0.717, 1.165) is 11.1 Å². The number of hydrogen-bond donors (Lipinski definition) is 2. The van der Waals surface area contributed by atoms with E-state index >= 15 is 0 Å². The monoisotopic (exact) mass is 358 g/mol. The van der Waals surface area contributed by atoms with E-state index in [1.165, 1.54) is 24.3 Å². The average Bonchev–Trinajstić information content (AvgIpc) is 3.12. The molecule has 1 heterocycles. The summed E-state index contributed by atoms with van der Waals surface area (Å²) in [5.74, 6) is -1.35. The summed E-state index contributed by atoms with van der Waals surface area (Å²) >= 11 is 1.51. The molecule has 2 aromatic rings. The Morgan fingerprint density at radius 2 is 1.96 bits per heavy atom. The zero-order chi connectivity index (χ0) is 18.1. The molecule has 0 saturated carbocycles. The molecule has 0 unspecified atom stereocenters. The Bertz CT molecular complexity index is 742. The number of carbonyl (C=O) groups is 3. The SMILES string of the molecule is C[C@H](OC(=O)/C=C/c1ccsc1)C(=O)NC(=O)NCc1ccccc1. The van der Waals surface area contributed by atoms with Gasteiger partial charge in [-0.3, -0.25) is 10.1 Å². The minimum absolute atomic E-state index is 0.289. The van der Waals surface area contributed by atoms with Gasteiger partial charge in [0.25, 0.3) is 5.91 Å². The summed E-state index contributed by atoms with van der Waals surface area (Å²) in [5, 5.41) is 8.45. The summed E-state index contributed by atoms with van der Waals surface area (Å²) in [7, 11) is 0. The molecular formula is C18H18N2O4S. The van der Waals surface area contributed by atoms with Crippen LogP contribution in [0.1, 0.15) is 18.1 Å². The minimum atomic E-state index is -1.08. The molecule has 1 atom stereocenters. The number of amides is 3. The number of hydrogen-bond acceptors (Lipinski definition) is 5. The van der Waals surface area contributed by atoms with Crippen LogP contribution >= 0.6 is 11.3 Å². The number of benzene rings is 1. The Kier molecular flexibility index (Phi) is 6.91. The largest absolute Gasteiger partial charge is 0.449 e. The molecule has 6 nitrogen and oxygen atoms in total. The van der Waals surface area contributed by atoms with Gasteiger partial charge in [0.15, 0.2) is 6.10 Å². The van der Waals surface area contributed by atoms with Crippen LogP contribution in [0.3, 0.4) is 0 Å². The molecule has 7 heteroatoms. The Balaban J connectivity index is 1.73. The number of esters is 1. The summed E-state index contributed by atoms with van der Waals surface area (Å²) < 4.78 is 4.96. The molecule has 1 aromatic carbocycles. The summed E-state index contributed by atoms with van der Waals surface area (Å²) in [6.45, 7) is 1.69. The van der Waals surface area contributed by atoms with E-state index in [9.17, 15) is 14.4 Å². The molecule has 0 aliphatic rings. The summed E-state index contributed by atoms with van der Waals surface area (Å²) in [5.41, 5.74) is 1.78. The number of nitrogens with one attached hydrogen (secondary N) is 2. The second-order valence-electron chi connectivity index (χ2n) is 5.13. The maximum atomic E-state index is 11.9. The van der Waals surface area contributed by atoms with E-state index in [2.05, 4.69) is 10.6 Å². The van der Waals surface area contributed by atoms with Crippen LogP contribution in [0.4, 0.5) is 4.79 Å². The topological polar surface area (TPSA) is 84.5 Å². The molecule has 2 N–H and O–H groups in total. The molecular weight excluding hydrogens is 340 g/mol. The maximum absolute atomic E-state index is 11.9. The normalized spacial score (nSPS) is 11.7. The molecule has 0 bridgehead atoms. The molecule has 0 spiro atoms. The lowest BCUT2D eigenvalue weighted by Crippen LogP contribution is -2.44. The highest BCUT2D eigenvalue weighted by Gasteiger charge is 2.18. The van der Waals surface area contributed by atoms with E-state index in [-0.39, 0.29) is 6.54 Å². The fourth-order valence-electron chi connectivity index (χ4n) is 1.84. The summed E-state index contributed by atoms with van der Waals surface area (Å²) in [4.78, 5) is 35.2. The lowest BCUT2D eigenvalue weighted by molar-refractivity contribution is -0.149. The highest BCUT2D eigenvalue weighted by Crippen LogP contribution is 2.08. The van der Waals surface area contributed by atoms with Gasteiger partial charge in [-0.2, -0.15) is 11.3 Å². The zero-order valence-corrected chi connectivity index (χ0v) is 14.4. The first kappa shape index (κ1) is 18.4. The van der Waals surface area contributed by atoms with E-state index in [4.69, 9.17) is 4.74 Å². The number of imide groups is 1. The Hall–Kier alpha value is -2.93. The van der Waals surface area contributed by atoms with Crippen LogP contribution in [0.15, 0.2) is 53.2 Å². The number of ether oxygens (including phenoxy) is 1. The lowest BCUT2D eigenvalue weighted by Gasteiger charge is -2.12. The summed E-state index contributed by atoms with van der Waals surface area (Å²) in [6, 6.07) is 10.5. The zero-order valence-electron chi connectivity index (χ0n) is 13.6.